The monoisotopic (exact) mass is 437 g/mol. The van der Waals surface area contributed by atoms with Crippen molar-refractivity contribution in [2.24, 2.45) is 0 Å². The van der Waals surface area contributed by atoms with Crippen LogP contribution in [0.25, 0.3) is 0 Å². The molecule has 0 aliphatic carbocycles. The van der Waals surface area contributed by atoms with Gasteiger partial charge in [-0.25, -0.2) is 4.68 Å². The fraction of sp³-hybridized carbons (Fsp3) is 0.417. The van der Waals surface area contributed by atoms with Crippen molar-refractivity contribution >= 4 is 0 Å². The number of methoxy groups -OCH3 is 1. The van der Waals surface area contributed by atoms with E-state index in [4.69, 9.17) is 23.7 Å². The van der Waals surface area contributed by atoms with Crippen molar-refractivity contribution in [2.45, 2.75) is 57.1 Å². The average molecular weight is 437 g/mol. The Morgan fingerprint density at radius 2 is 1.59 bits per heavy atom. The van der Waals surface area contributed by atoms with Crippen LogP contribution in [0.3, 0.4) is 0 Å². The van der Waals surface area contributed by atoms with Crippen molar-refractivity contribution in [3.8, 4) is 0 Å². The van der Waals surface area contributed by atoms with Crippen molar-refractivity contribution in [2.75, 3.05) is 7.11 Å². The van der Waals surface area contributed by atoms with Gasteiger partial charge in [0, 0.05) is 7.11 Å². The summed E-state index contributed by atoms with van der Waals surface area (Å²) < 4.78 is 32.9. The highest BCUT2D eigenvalue weighted by atomic mass is 16.7. The molecule has 3 heterocycles. The molecule has 2 aliphatic rings. The molecule has 5 rings (SSSR count). The molecule has 2 aromatic carbocycles. The summed E-state index contributed by atoms with van der Waals surface area (Å²) in [5, 5.41) is 8.15. The van der Waals surface area contributed by atoms with Crippen LogP contribution in [-0.4, -0.2) is 52.8 Å². The lowest BCUT2D eigenvalue weighted by atomic mass is 9.97. The van der Waals surface area contributed by atoms with Crippen LogP contribution < -0.4 is 0 Å². The van der Waals surface area contributed by atoms with E-state index in [1.165, 1.54) is 0 Å². The van der Waals surface area contributed by atoms with Crippen molar-refractivity contribution in [1.29, 1.82) is 0 Å². The Morgan fingerprint density at radius 3 is 2.25 bits per heavy atom. The molecule has 0 amide bonds. The van der Waals surface area contributed by atoms with E-state index in [2.05, 4.69) is 10.3 Å². The van der Waals surface area contributed by atoms with Gasteiger partial charge in [0.15, 0.2) is 6.29 Å². The van der Waals surface area contributed by atoms with Crippen LogP contribution in [0, 0.1) is 0 Å². The molecule has 168 valence electrons. The van der Waals surface area contributed by atoms with E-state index in [9.17, 15) is 0 Å². The number of hydrogen-bond acceptors (Lipinski definition) is 7. The maximum atomic E-state index is 6.45. The number of benzene rings is 2. The minimum atomic E-state index is -0.602. The number of aromatic nitrogens is 3. The van der Waals surface area contributed by atoms with E-state index in [0.717, 1.165) is 16.8 Å². The first-order valence-corrected chi connectivity index (χ1v) is 10.8. The topological polar surface area (TPSA) is 76.9 Å². The van der Waals surface area contributed by atoms with Gasteiger partial charge in [-0.05, 0) is 11.1 Å². The second kappa shape index (κ2) is 9.89. The molecule has 3 aromatic rings. The molecule has 5 atom stereocenters. The number of hydrogen-bond donors (Lipinski definition) is 0. The Balaban J connectivity index is 1.39. The smallest absolute Gasteiger partial charge is 0.186 e. The lowest BCUT2D eigenvalue weighted by molar-refractivity contribution is -0.317. The van der Waals surface area contributed by atoms with E-state index < -0.39 is 12.4 Å². The van der Waals surface area contributed by atoms with E-state index in [1.807, 2.05) is 65.3 Å². The molecular formula is C24H27N3O5. The zero-order chi connectivity index (χ0) is 21.8. The van der Waals surface area contributed by atoms with E-state index in [-0.39, 0.29) is 18.3 Å². The quantitative estimate of drug-likeness (QED) is 0.562. The van der Waals surface area contributed by atoms with Gasteiger partial charge >= 0.3 is 0 Å². The highest BCUT2D eigenvalue weighted by molar-refractivity contribution is 5.14. The highest BCUT2D eigenvalue weighted by Crippen LogP contribution is 2.32. The summed E-state index contributed by atoms with van der Waals surface area (Å²) in [6, 6.07) is 20.1. The molecule has 0 N–H and O–H groups in total. The van der Waals surface area contributed by atoms with Crippen LogP contribution >= 0.6 is 0 Å². The van der Waals surface area contributed by atoms with Gasteiger partial charge in [-0.3, -0.25) is 0 Å². The molecule has 0 saturated carbocycles. The largest absolute Gasteiger partial charge is 0.368 e. The Kier molecular flexibility index (Phi) is 6.56. The van der Waals surface area contributed by atoms with Gasteiger partial charge in [0.25, 0.3) is 0 Å². The zero-order valence-electron chi connectivity index (χ0n) is 17.9. The van der Waals surface area contributed by atoms with Crippen LogP contribution in [0.4, 0.5) is 0 Å². The van der Waals surface area contributed by atoms with Gasteiger partial charge in [-0.2, -0.15) is 0 Å². The molecule has 0 radical (unpaired) electrons. The molecule has 2 aliphatic heterocycles. The van der Waals surface area contributed by atoms with Crippen LogP contribution in [0.5, 0.6) is 0 Å². The molecule has 0 unspecified atom stereocenters. The summed E-state index contributed by atoms with van der Waals surface area (Å²) in [4.78, 5) is 0. The number of fused-ring (bicyclic) bond motifs is 2. The number of ether oxygens (including phenoxy) is 5. The van der Waals surface area contributed by atoms with Crippen molar-refractivity contribution in [3.05, 3.63) is 83.7 Å². The third-order valence-corrected chi connectivity index (χ3v) is 5.87. The molecular weight excluding hydrogens is 410 g/mol. The van der Waals surface area contributed by atoms with Gasteiger partial charge in [-0.1, -0.05) is 65.9 Å². The fourth-order valence-electron chi connectivity index (χ4n) is 4.21. The summed E-state index contributed by atoms with van der Waals surface area (Å²) in [6.45, 7) is 1.75. The number of nitrogens with zero attached hydrogens (tertiary/aromatic N) is 3. The molecule has 0 bridgehead atoms. The van der Waals surface area contributed by atoms with Gasteiger partial charge in [-0.15, -0.1) is 5.10 Å². The van der Waals surface area contributed by atoms with Crippen molar-refractivity contribution in [1.82, 2.24) is 15.0 Å². The first-order chi connectivity index (χ1) is 15.8. The van der Waals surface area contributed by atoms with Gasteiger partial charge in [0.1, 0.15) is 24.4 Å². The third-order valence-electron chi connectivity index (χ3n) is 5.87. The van der Waals surface area contributed by atoms with E-state index >= 15 is 0 Å². The Labute approximate surface area is 187 Å². The zero-order valence-corrected chi connectivity index (χ0v) is 17.9. The minimum absolute atomic E-state index is 0.305. The third kappa shape index (κ3) is 4.60. The van der Waals surface area contributed by atoms with Crippen LogP contribution in [-0.2, 0) is 50.0 Å². The maximum Gasteiger partial charge on any atom is 0.186 e. The summed E-state index contributed by atoms with van der Waals surface area (Å²) in [5.74, 6) is 0. The molecule has 1 fully saturated rings. The molecule has 32 heavy (non-hydrogen) atoms. The Bertz CT molecular complexity index is 984. The normalized spacial score (nSPS) is 27.3. The van der Waals surface area contributed by atoms with Gasteiger partial charge < -0.3 is 23.7 Å². The van der Waals surface area contributed by atoms with Crippen LogP contribution in [0.15, 0.2) is 66.9 Å². The van der Waals surface area contributed by atoms with Gasteiger partial charge in [0.05, 0.1) is 38.3 Å². The molecule has 0 spiro atoms. The molecule has 8 nitrogen and oxygen atoms in total. The molecule has 1 saturated heterocycles. The Hall–Kier alpha value is -2.62. The van der Waals surface area contributed by atoms with Crippen molar-refractivity contribution in [3.63, 3.8) is 0 Å². The summed E-state index contributed by atoms with van der Waals surface area (Å²) >= 11 is 0. The maximum absolute atomic E-state index is 6.45. The SMILES string of the molecule is CO[C@H]1O[C@@H]2Cn3nncc3CO[C@H]2[C@H](OCc2ccccc2)[C@H]1OCc1ccccc1. The van der Waals surface area contributed by atoms with Crippen LogP contribution in [0.2, 0.25) is 0 Å². The highest BCUT2D eigenvalue weighted by Gasteiger charge is 2.49. The second-order valence-corrected chi connectivity index (χ2v) is 7.98. The van der Waals surface area contributed by atoms with Gasteiger partial charge in [0.2, 0.25) is 0 Å². The predicted molar refractivity (Wildman–Crippen MR) is 114 cm³/mol. The predicted octanol–water partition coefficient (Wildman–Crippen LogP) is 2.72. The summed E-state index contributed by atoms with van der Waals surface area (Å²) in [6.07, 6.45) is -0.384. The van der Waals surface area contributed by atoms with E-state index in [1.54, 1.807) is 13.3 Å². The van der Waals surface area contributed by atoms with Crippen LogP contribution in [0.1, 0.15) is 16.8 Å². The lowest BCUT2D eigenvalue weighted by Crippen LogP contribution is -2.61. The standard InChI is InChI=1S/C24H27N3O5/c1-28-24-23(30-15-18-10-6-3-7-11-18)22(29-14-17-8-4-2-5-9-17)21-20(32-24)13-27-19(16-31-21)12-25-26-27/h2-12,20-24H,13-16H2,1H3/t20-,21-,22+,23-,24+/m1/s1. The van der Waals surface area contributed by atoms with Crippen molar-refractivity contribution < 1.29 is 23.7 Å². The lowest BCUT2D eigenvalue weighted by Gasteiger charge is -2.44. The average Bonchev–Trinajstić information content (AvgIpc) is 3.21. The molecule has 1 aromatic heterocycles. The fourth-order valence-corrected chi connectivity index (χ4v) is 4.21. The summed E-state index contributed by atoms with van der Waals surface area (Å²) in [5.41, 5.74) is 3.05. The minimum Gasteiger partial charge on any atom is -0.368 e. The summed E-state index contributed by atoms with van der Waals surface area (Å²) in [7, 11) is 1.62. The first kappa shape index (κ1) is 21.2. The second-order valence-electron chi connectivity index (χ2n) is 7.98. The first-order valence-electron chi connectivity index (χ1n) is 10.8. The number of rotatable bonds is 7. The molecule has 8 heteroatoms. The Morgan fingerprint density at radius 1 is 0.938 bits per heavy atom. The van der Waals surface area contributed by atoms with E-state index in [0.29, 0.717) is 26.4 Å².